The maximum absolute atomic E-state index is 10.7. The van der Waals surface area contributed by atoms with Crippen molar-refractivity contribution in [3.05, 3.63) is 25.7 Å². The van der Waals surface area contributed by atoms with Gasteiger partial charge >= 0.3 is 0 Å². The van der Waals surface area contributed by atoms with Crippen LogP contribution >= 0.6 is 22.9 Å². The number of hydrogen-bond acceptors (Lipinski definition) is 4. The summed E-state index contributed by atoms with van der Waals surface area (Å²) in [5, 5.41) is 13.4. The maximum Gasteiger partial charge on any atom is 0.299 e. The molecule has 114 valence electrons. The molecule has 0 spiro atoms. The van der Waals surface area contributed by atoms with E-state index in [2.05, 4.69) is 15.1 Å². The Hall–Kier alpha value is -1.74. The molecule has 21 heavy (non-hydrogen) atoms. The first-order valence-corrected chi connectivity index (χ1v) is 7.45. The number of nitro groups is 1. The second-order valence-electron chi connectivity index (χ2n) is 4.78. The molecule has 0 N–H and O–H groups in total. The summed E-state index contributed by atoms with van der Waals surface area (Å²) in [6.07, 6.45) is 5.11. The molecule has 0 radical (unpaired) electrons. The van der Waals surface area contributed by atoms with E-state index in [0.717, 1.165) is 17.7 Å². The molecule has 1 aromatic heterocycles. The molecule has 0 aliphatic heterocycles. The van der Waals surface area contributed by atoms with Crippen LogP contribution in [0.5, 0.6) is 0 Å². The van der Waals surface area contributed by atoms with Gasteiger partial charge in [-0.25, -0.2) is 15.1 Å². The predicted octanol–water partition coefficient (Wildman–Crippen LogP) is 1.90. The average Bonchev–Trinajstić information content (AvgIpc) is 3.15. The van der Waals surface area contributed by atoms with Crippen LogP contribution < -0.4 is 0 Å². The van der Waals surface area contributed by atoms with Crippen molar-refractivity contribution >= 4 is 35.2 Å². The maximum atomic E-state index is 10.7. The SMILES string of the molecule is CN(C)C=NC(=N[N+](=O)[O-])N(Cc1cnc(Cl)s1)C1CC1. The minimum absolute atomic E-state index is 0.0979. The second-order valence-corrected chi connectivity index (χ2v) is 6.48. The number of nitrogens with zero attached hydrogens (tertiary/aromatic N) is 6. The zero-order valence-electron chi connectivity index (χ0n) is 11.6. The highest BCUT2D eigenvalue weighted by Gasteiger charge is 2.33. The third-order valence-electron chi connectivity index (χ3n) is 2.67. The molecule has 0 bridgehead atoms. The van der Waals surface area contributed by atoms with Gasteiger partial charge in [0.1, 0.15) is 5.10 Å². The van der Waals surface area contributed by atoms with E-state index in [1.54, 1.807) is 25.2 Å². The van der Waals surface area contributed by atoms with E-state index in [0.29, 0.717) is 11.0 Å². The lowest BCUT2D eigenvalue weighted by Crippen LogP contribution is -2.32. The summed E-state index contributed by atoms with van der Waals surface area (Å²) in [5.74, 6) is 0.0979. The molecule has 0 aromatic carbocycles. The fraction of sp³-hybridized carbons (Fsp3) is 0.545. The molecule has 10 heteroatoms. The largest absolute Gasteiger partial charge is 0.369 e. The Morgan fingerprint density at radius 2 is 2.38 bits per heavy atom. The van der Waals surface area contributed by atoms with Crippen molar-refractivity contribution in [3.63, 3.8) is 0 Å². The molecule has 2 rings (SSSR count). The molecule has 1 aromatic rings. The Balaban J connectivity index is 2.21. The molecule has 8 nitrogen and oxygen atoms in total. The van der Waals surface area contributed by atoms with Gasteiger partial charge in [-0.05, 0) is 12.8 Å². The van der Waals surface area contributed by atoms with Gasteiger partial charge < -0.3 is 9.80 Å². The van der Waals surface area contributed by atoms with E-state index < -0.39 is 5.03 Å². The average molecular weight is 331 g/mol. The first-order chi connectivity index (χ1) is 9.95. The number of rotatable bonds is 5. The van der Waals surface area contributed by atoms with Crippen LogP contribution in [0.2, 0.25) is 4.47 Å². The Kier molecular flexibility index (Phi) is 5.07. The van der Waals surface area contributed by atoms with Crippen molar-refractivity contribution in [3.8, 4) is 0 Å². The Morgan fingerprint density at radius 1 is 1.67 bits per heavy atom. The summed E-state index contributed by atoms with van der Waals surface area (Å²) < 4.78 is 0.449. The van der Waals surface area contributed by atoms with Gasteiger partial charge in [-0.15, -0.1) is 11.3 Å². The smallest absolute Gasteiger partial charge is 0.299 e. The lowest BCUT2D eigenvalue weighted by molar-refractivity contribution is -0.485. The topological polar surface area (TPSA) is 87.2 Å². The first-order valence-electron chi connectivity index (χ1n) is 6.26. The van der Waals surface area contributed by atoms with Gasteiger partial charge in [0.15, 0.2) is 9.50 Å². The molecular weight excluding hydrogens is 316 g/mol. The van der Waals surface area contributed by atoms with Gasteiger partial charge in [-0.3, -0.25) is 0 Å². The second kappa shape index (κ2) is 6.81. The van der Waals surface area contributed by atoms with Crippen LogP contribution in [0.15, 0.2) is 16.3 Å². The van der Waals surface area contributed by atoms with Crippen LogP contribution in [0.4, 0.5) is 0 Å². The van der Waals surface area contributed by atoms with Crippen LogP contribution in [0, 0.1) is 10.1 Å². The number of thiazole rings is 1. The van der Waals surface area contributed by atoms with E-state index in [4.69, 9.17) is 11.6 Å². The van der Waals surface area contributed by atoms with Gasteiger partial charge in [0.25, 0.3) is 5.96 Å². The number of aliphatic imine (C=N–C) groups is 1. The van der Waals surface area contributed by atoms with Crippen LogP contribution in [0.1, 0.15) is 17.7 Å². The lowest BCUT2D eigenvalue weighted by atomic mass is 10.4. The number of hydrazone groups is 1. The van der Waals surface area contributed by atoms with Crippen molar-refractivity contribution in [1.29, 1.82) is 0 Å². The van der Waals surface area contributed by atoms with Crippen molar-refractivity contribution in [1.82, 2.24) is 14.8 Å². The molecule has 1 aliphatic rings. The van der Waals surface area contributed by atoms with Crippen molar-refractivity contribution in [2.75, 3.05) is 14.1 Å². The summed E-state index contributed by atoms with van der Waals surface area (Å²) in [6.45, 7) is 0.465. The van der Waals surface area contributed by atoms with Gasteiger partial charge in [-0.2, -0.15) is 4.99 Å². The zero-order valence-corrected chi connectivity index (χ0v) is 13.2. The Morgan fingerprint density at radius 3 is 2.86 bits per heavy atom. The Labute approximate surface area is 130 Å². The van der Waals surface area contributed by atoms with Gasteiger partial charge in [0, 0.05) is 31.2 Å². The third kappa shape index (κ3) is 4.94. The molecule has 0 saturated heterocycles. The molecule has 1 saturated carbocycles. The molecule has 1 aliphatic carbocycles. The number of aromatic nitrogens is 1. The Bertz CT molecular complexity index is 569. The third-order valence-corrected chi connectivity index (χ3v) is 3.77. The molecule has 0 atom stereocenters. The van der Waals surface area contributed by atoms with Crippen LogP contribution in [-0.4, -0.2) is 52.3 Å². The highest BCUT2D eigenvalue weighted by atomic mass is 35.5. The fourth-order valence-electron chi connectivity index (χ4n) is 1.67. The lowest BCUT2D eigenvalue weighted by Gasteiger charge is -2.20. The zero-order chi connectivity index (χ0) is 15.4. The number of halogens is 1. The van der Waals surface area contributed by atoms with Crippen molar-refractivity contribution in [2.45, 2.75) is 25.4 Å². The standard InChI is InChI=1S/C11H15ClN6O2S/c1-16(2)7-14-11(15-18(19)20)17(8-3-4-8)6-9-5-13-10(12)21-9/h5,7-8H,3-4,6H2,1-2H3. The van der Waals surface area contributed by atoms with Crippen molar-refractivity contribution in [2.24, 2.45) is 10.1 Å². The monoisotopic (exact) mass is 330 g/mol. The minimum Gasteiger partial charge on any atom is -0.369 e. The van der Waals surface area contributed by atoms with Gasteiger partial charge in [0.2, 0.25) is 0 Å². The highest BCUT2D eigenvalue weighted by molar-refractivity contribution is 7.15. The summed E-state index contributed by atoms with van der Waals surface area (Å²) in [4.78, 5) is 23.3. The van der Waals surface area contributed by atoms with Crippen LogP contribution in [-0.2, 0) is 6.54 Å². The van der Waals surface area contributed by atoms with E-state index in [-0.39, 0.29) is 12.0 Å². The van der Waals surface area contributed by atoms with Gasteiger partial charge in [0.05, 0.1) is 12.9 Å². The first kappa shape index (κ1) is 15.6. The van der Waals surface area contributed by atoms with Crippen molar-refractivity contribution < 1.29 is 5.03 Å². The summed E-state index contributed by atoms with van der Waals surface area (Å²) in [5.41, 5.74) is 0. The van der Waals surface area contributed by atoms with E-state index in [9.17, 15) is 10.1 Å². The normalized spacial score (nSPS) is 15.5. The molecule has 0 unspecified atom stereocenters. The molecule has 1 heterocycles. The van der Waals surface area contributed by atoms with Gasteiger partial charge in [-0.1, -0.05) is 11.6 Å². The van der Waals surface area contributed by atoms with Crippen LogP contribution in [0.25, 0.3) is 0 Å². The van der Waals surface area contributed by atoms with Crippen LogP contribution in [0.3, 0.4) is 0 Å². The van der Waals surface area contributed by atoms with E-state index in [1.165, 1.54) is 17.7 Å². The van der Waals surface area contributed by atoms with E-state index in [1.807, 2.05) is 4.90 Å². The van der Waals surface area contributed by atoms with E-state index >= 15 is 0 Å². The minimum atomic E-state index is -0.725. The number of guanidine groups is 1. The fourth-order valence-corrected chi connectivity index (χ4v) is 2.65. The summed E-state index contributed by atoms with van der Waals surface area (Å²) in [7, 11) is 3.58. The highest BCUT2D eigenvalue weighted by Crippen LogP contribution is 2.30. The molecular formula is C11H15ClN6O2S. The predicted molar refractivity (Wildman–Crippen MR) is 82.3 cm³/mol. The summed E-state index contributed by atoms with van der Waals surface area (Å²) in [6, 6.07) is 0.226. The summed E-state index contributed by atoms with van der Waals surface area (Å²) >= 11 is 7.17. The molecule has 1 fully saturated rings. The quantitative estimate of drug-likeness (QED) is 0.356. The molecule has 0 amide bonds. The number of hydrogen-bond donors (Lipinski definition) is 0.